The molecular formula is C18H33NO5. The largest absolute Gasteiger partial charge is 0.368 e. The first-order valence-electron chi connectivity index (χ1n) is 9.46. The lowest BCUT2D eigenvalue weighted by Crippen LogP contribution is -2.57. The zero-order chi connectivity index (χ0) is 17.2. The van der Waals surface area contributed by atoms with Crippen molar-refractivity contribution in [2.75, 3.05) is 33.4 Å². The molecule has 6 heteroatoms. The SMILES string of the molecule is CCN(C)CCOC(O)CC1CCCC2CCC3(C)OCC21OO3. The minimum Gasteiger partial charge on any atom is -0.368 e. The van der Waals surface area contributed by atoms with E-state index < -0.39 is 17.7 Å². The lowest BCUT2D eigenvalue weighted by Gasteiger charge is -2.49. The van der Waals surface area contributed by atoms with E-state index in [4.69, 9.17) is 19.2 Å². The summed E-state index contributed by atoms with van der Waals surface area (Å²) in [4.78, 5) is 13.8. The van der Waals surface area contributed by atoms with E-state index >= 15 is 0 Å². The maximum Gasteiger partial charge on any atom is 0.198 e. The molecule has 0 radical (unpaired) electrons. The van der Waals surface area contributed by atoms with Crippen LogP contribution in [0.2, 0.25) is 0 Å². The Bertz CT molecular complexity index is 410. The fourth-order valence-corrected chi connectivity index (χ4v) is 4.35. The molecule has 1 aliphatic carbocycles. The minimum absolute atomic E-state index is 0.206. The number of aliphatic hydroxyl groups is 1. The summed E-state index contributed by atoms with van der Waals surface area (Å²) in [6.45, 7) is 6.97. The van der Waals surface area contributed by atoms with Crippen LogP contribution in [0.15, 0.2) is 0 Å². The minimum atomic E-state index is -0.756. The summed E-state index contributed by atoms with van der Waals surface area (Å²) in [6.07, 6.45) is 5.10. The van der Waals surface area contributed by atoms with Crippen LogP contribution in [0, 0.1) is 11.8 Å². The second-order valence-electron chi connectivity index (χ2n) is 7.86. The number of ether oxygens (including phenoxy) is 2. The summed E-state index contributed by atoms with van der Waals surface area (Å²) in [5.41, 5.74) is -0.418. The molecule has 4 rings (SSSR count). The average Bonchev–Trinajstić information content (AvgIpc) is 2.82. The number of hydrogen-bond acceptors (Lipinski definition) is 6. The summed E-state index contributed by atoms with van der Waals surface area (Å²) in [6, 6.07) is 0. The van der Waals surface area contributed by atoms with E-state index in [2.05, 4.69) is 11.8 Å². The highest BCUT2D eigenvalue weighted by Crippen LogP contribution is 2.52. The summed E-state index contributed by atoms with van der Waals surface area (Å²) in [5, 5.41) is 10.3. The van der Waals surface area contributed by atoms with Gasteiger partial charge >= 0.3 is 0 Å². The topological polar surface area (TPSA) is 60.4 Å². The number of hydrogen-bond donors (Lipinski definition) is 1. The van der Waals surface area contributed by atoms with Crippen molar-refractivity contribution < 1.29 is 24.4 Å². The van der Waals surface area contributed by atoms with E-state index in [0.29, 0.717) is 25.6 Å². The van der Waals surface area contributed by atoms with Crippen LogP contribution in [0.25, 0.3) is 0 Å². The highest BCUT2D eigenvalue weighted by Gasteiger charge is 2.58. The van der Waals surface area contributed by atoms with Gasteiger partial charge in [0.05, 0.1) is 13.2 Å². The van der Waals surface area contributed by atoms with Crippen molar-refractivity contribution in [1.29, 1.82) is 0 Å². The van der Waals surface area contributed by atoms with Gasteiger partial charge in [-0.25, -0.2) is 9.78 Å². The van der Waals surface area contributed by atoms with E-state index in [-0.39, 0.29) is 5.92 Å². The molecule has 0 aromatic carbocycles. The van der Waals surface area contributed by atoms with Crippen LogP contribution >= 0.6 is 0 Å². The normalized spacial score (nSPS) is 40.4. The zero-order valence-corrected chi connectivity index (χ0v) is 15.3. The van der Waals surface area contributed by atoms with Crippen LogP contribution in [0.4, 0.5) is 0 Å². The predicted octanol–water partition coefficient (Wildman–Crippen LogP) is 2.31. The molecule has 0 amide bonds. The van der Waals surface area contributed by atoms with Crippen LogP contribution in [0.5, 0.6) is 0 Å². The number of fused-ring (bicyclic) bond motifs is 3. The van der Waals surface area contributed by atoms with Crippen molar-refractivity contribution in [2.24, 2.45) is 11.8 Å². The Hall–Kier alpha value is -0.240. The third kappa shape index (κ3) is 3.79. The lowest BCUT2D eigenvalue weighted by atomic mass is 9.66. The van der Waals surface area contributed by atoms with Gasteiger partial charge in [-0.2, -0.15) is 0 Å². The lowest BCUT2D eigenvalue weighted by molar-refractivity contribution is -0.515. The van der Waals surface area contributed by atoms with E-state index in [0.717, 1.165) is 38.8 Å². The van der Waals surface area contributed by atoms with Crippen molar-refractivity contribution >= 4 is 0 Å². The highest BCUT2D eigenvalue weighted by atomic mass is 17.2. The zero-order valence-electron chi connectivity index (χ0n) is 15.3. The molecule has 4 aliphatic rings. The van der Waals surface area contributed by atoms with E-state index in [1.807, 2.05) is 14.0 Å². The summed E-state index contributed by atoms with van der Waals surface area (Å²) in [7, 11) is 2.05. The smallest absolute Gasteiger partial charge is 0.198 e. The van der Waals surface area contributed by atoms with Gasteiger partial charge in [-0.3, -0.25) is 0 Å². The Morgan fingerprint density at radius 3 is 2.83 bits per heavy atom. The predicted molar refractivity (Wildman–Crippen MR) is 89.1 cm³/mol. The molecular weight excluding hydrogens is 310 g/mol. The van der Waals surface area contributed by atoms with Gasteiger partial charge in [-0.1, -0.05) is 13.3 Å². The third-order valence-electron chi connectivity index (χ3n) is 6.22. The van der Waals surface area contributed by atoms with Crippen LogP contribution in [-0.4, -0.2) is 61.0 Å². The molecule has 1 saturated carbocycles. The molecule has 5 unspecified atom stereocenters. The Morgan fingerprint density at radius 2 is 2.12 bits per heavy atom. The maximum absolute atomic E-state index is 10.3. The Labute approximate surface area is 145 Å². The van der Waals surface area contributed by atoms with Gasteiger partial charge < -0.3 is 19.5 Å². The van der Waals surface area contributed by atoms with E-state index in [9.17, 15) is 5.11 Å². The first-order valence-corrected chi connectivity index (χ1v) is 9.46. The monoisotopic (exact) mass is 343 g/mol. The Morgan fingerprint density at radius 1 is 1.29 bits per heavy atom. The van der Waals surface area contributed by atoms with Gasteiger partial charge in [-0.15, -0.1) is 0 Å². The molecule has 140 valence electrons. The maximum atomic E-state index is 10.3. The quantitative estimate of drug-likeness (QED) is 0.565. The molecule has 0 aromatic rings. The molecule has 1 spiro atoms. The van der Waals surface area contributed by atoms with Crippen LogP contribution < -0.4 is 0 Å². The molecule has 0 aromatic heterocycles. The van der Waals surface area contributed by atoms with Gasteiger partial charge in [0.15, 0.2) is 12.1 Å². The van der Waals surface area contributed by atoms with Gasteiger partial charge in [0.2, 0.25) is 0 Å². The molecule has 3 heterocycles. The average molecular weight is 343 g/mol. The van der Waals surface area contributed by atoms with Crippen LogP contribution in [0.3, 0.4) is 0 Å². The second kappa shape index (κ2) is 7.56. The molecule has 6 nitrogen and oxygen atoms in total. The summed E-state index contributed by atoms with van der Waals surface area (Å²) >= 11 is 0. The van der Waals surface area contributed by atoms with Crippen molar-refractivity contribution in [1.82, 2.24) is 4.90 Å². The first-order chi connectivity index (χ1) is 11.5. The van der Waals surface area contributed by atoms with E-state index in [1.165, 1.54) is 6.42 Å². The first kappa shape index (κ1) is 18.5. The number of aliphatic hydroxyl groups excluding tert-OH is 1. The summed E-state index contributed by atoms with van der Waals surface area (Å²) in [5.74, 6) is 0.0456. The van der Waals surface area contributed by atoms with Gasteiger partial charge in [0.25, 0.3) is 0 Å². The highest BCUT2D eigenvalue weighted by molar-refractivity contribution is 5.01. The van der Waals surface area contributed by atoms with Crippen LogP contribution in [-0.2, 0) is 19.2 Å². The second-order valence-corrected chi connectivity index (χ2v) is 7.86. The fourth-order valence-electron chi connectivity index (χ4n) is 4.35. The Kier molecular flexibility index (Phi) is 5.84. The number of nitrogens with zero attached hydrogens (tertiary/aromatic N) is 1. The van der Waals surface area contributed by atoms with Crippen molar-refractivity contribution in [3.63, 3.8) is 0 Å². The Balaban J connectivity index is 1.58. The fraction of sp³-hybridized carbons (Fsp3) is 1.00. The molecule has 4 fully saturated rings. The van der Waals surface area contributed by atoms with Gasteiger partial charge in [0.1, 0.15) is 5.60 Å². The third-order valence-corrected chi connectivity index (χ3v) is 6.22. The van der Waals surface area contributed by atoms with Crippen molar-refractivity contribution in [3.8, 4) is 0 Å². The molecule has 1 N–H and O–H groups in total. The number of likely N-dealkylation sites (N-methyl/N-ethyl adjacent to an activating group) is 1. The number of rotatable bonds is 7. The van der Waals surface area contributed by atoms with Crippen molar-refractivity contribution in [3.05, 3.63) is 0 Å². The van der Waals surface area contributed by atoms with E-state index in [1.54, 1.807) is 0 Å². The molecule has 3 saturated heterocycles. The summed E-state index contributed by atoms with van der Waals surface area (Å²) < 4.78 is 11.6. The molecule has 24 heavy (non-hydrogen) atoms. The van der Waals surface area contributed by atoms with Gasteiger partial charge in [-0.05, 0) is 51.6 Å². The van der Waals surface area contributed by atoms with Gasteiger partial charge in [0, 0.05) is 19.4 Å². The van der Waals surface area contributed by atoms with Crippen molar-refractivity contribution in [2.45, 2.75) is 70.1 Å². The molecule has 2 bridgehead atoms. The molecule has 5 atom stereocenters. The standard InChI is InChI=1S/C18H33NO5/c1-4-19(3)10-11-21-16(20)12-15-7-5-6-14-8-9-17(2)22-13-18(14,15)24-23-17/h14-16,20H,4-13H2,1-3H3. The molecule has 3 aliphatic heterocycles. The van der Waals surface area contributed by atoms with Crippen LogP contribution in [0.1, 0.15) is 52.4 Å².